The largest absolute Gasteiger partial charge is 0.481 e. The van der Waals surface area contributed by atoms with Crippen molar-refractivity contribution >= 4 is 18.0 Å². The summed E-state index contributed by atoms with van der Waals surface area (Å²) in [4.78, 5) is 23.9. The maximum atomic E-state index is 12.6. The molecule has 0 aliphatic carbocycles. The predicted octanol–water partition coefficient (Wildman–Crippen LogP) is 0.366. The summed E-state index contributed by atoms with van der Waals surface area (Å²) in [5.74, 6) is -6.03. The summed E-state index contributed by atoms with van der Waals surface area (Å²) in [6.45, 7) is -0.801. The van der Waals surface area contributed by atoms with Crippen LogP contribution in [-0.2, 0) is 9.59 Å². The quantitative estimate of drug-likeness (QED) is 0.641. The standard InChI is InChI=1S/C7H7F2NO3/c8-7(9)1-4(6(12)13)5(2-11)10-3-7/h2,4H,1,3H2,(H,12,13). The molecular formula is C7H7F2NO3. The third-order valence-electron chi connectivity index (χ3n) is 1.77. The van der Waals surface area contributed by atoms with Crippen LogP contribution in [0.4, 0.5) is 8.78 Å². The highest BCUT2D eigenvalue weighted by Crippen LogP contribution is 2.28. The summed E-state index contributed by atoms with van der Waals surface area (Å²) in [5, 5.41) is 8.50. The molecule has 0 radical (unpaired) electrons. The number of carbonyl (C=O) groups is 2. The summed E-state index contributed by atoms with van der Waals surface area (Å²) in [6, 6.07) is 0. The Labute approximate surface area is 72.3 Å². The van der Waals surface area contributed by atoms with Crippen LogP contribution in [-0.4, -0.2) is 35.5 Å². The lowest BCUT2D eigenvalue weighted by Gasteiger charge is -2.23. The molecule has 13 heavy (non-hydrogen) atoms. The zero-order valence-electron chi connectivity index (χ0n) is 6.54. The molecule has 0 spiro atoms. The van der Waals surface area contributed by atoms with E-state index in [-0.39, 0.29) is 12.0 Å². The second kappa shape index (κ2) is 3.20. The molecule has 1 unspecified atom stereocenters. The van der Waals surface area contributed by atoms with Crippen LogP contribution in [0.2, 0.25) is 0 Å². The smallest absolute Gasteiger partial charge is 0.312 e. The molecule has 4 nitrogen and oxygen atoms in total. The van der Waals surface area contributed by atoms with E-state index in [1.807, 2.05) is 0 Å². The number of carboxylic acid groups (broad SMARTS) is 1. The summed E-state index contributed by atoms with van der Waals surface area (Å²) in [5.41, 5.74) is -0.307. The fourth-order valence-corrected chi connectivity index (χ4v) is 1.12. The topological polar surface area (TPSA) is 66.7 Å². The molecule has 0 saturated carbocycles. The number of hydrogen-bond acceptors (Lipinski definition) is 3. The lowest BCUT2D eigenvalue weighted by Crippen LogP contribution is -2.38. The van der Waals surface area contributed by atoms with Gasteiger partial charge in [0, 0.05) is 6.42 Å². The van der Waals surface area contributed by atoms with Crippen molar-refractivity contribution in [2.45, 2.75) is 12.3 Å². The number of rotatable bonds is 2. The van der Waals surface area contributed by atoms with E-state index in [1.165, 1.54) is 0 Å². The minimum Gasteiger partial charge on any atom is -0.481 e. The Hall–Kier alpha value is -1.33. The number of hydrogen-bond donors (Lipinski definition) is 1. The lowest BCUT2D eigenvalue weighted by molar-refractivity contribution is -0.142. The van der Waals surface area contributed by atoms with E-state index >= 15 is 0 Å². The lowest BCUT2D eigenvalue weighted by atomic mass is 9.93. The van der Waals surface area contributed by atoms with Gasteiger partial charge in [-0.3, -0.25) is 14.6 Å². The van der Waals surface area contributed by atoms with E-state index in [1.54, 1.807) is 0 Å². The Balaban J connectivity index is 2.92. The second-order valence-corrected chi connectivity index (χ2v) is 2.81. The van der Waals surface area contributed by atoms with Gasteiger partial charge in [0.15, 0.2) is 6.29 Å². The number of alkyl halides is 2. The molecule has 1 heterocycles. The number of halogens is 2. The molecule has 0 aromatic rings. The summed E-state index contributed by atoms with van der Waals surface area (Å²) in [6.07, 6.45) is -0.631. The number of aliphatic imine (C=N–C) groups is 1. The molecule has 1 aliphatic rings. The maximum absolute atomic E-state index is 12.6. The first-order valence-corrected chi connectivity index (χ1v) is 3.56. The predicted molar refractivity (Wildman–Crippen MR) is 39.1 cm³/mol. The Bertz CT molecular complexity index is 275. The third kappa shape index (κ3) is 2.07. The van der Waals surface area contributed by atoms with Crippen LogP contribution in [0.1, 0.15) is 6.42 Å². The van der Waals surface area contributed by atoms with Crippen molar-refractivity contribution in [1.82, 2.24) is 0 Å². The average molecular weight is 191 g/mol. The molecule has 1 N–H and O–H groups in total. The molecule has 1 atom stereocenters. The van der Waals surface area contributed by atoms with E-state index in [0.29, 0.717) is 0 Å². The number of aldehydes is 1. The van der Waals surface area contributed by atoms with Crippen molar-refractivity contribution in [2.75, 3.05) is 6.54 Å². The van der Waals surface area contributed by atoms with Gasteiger partial charge in [0.2, 0.25) is 0 Å². The van der Waals surface area contributed by atoms with Gasteiger partial charge in [0.05, 0.1) is 5.71 Å². The van der Waals surface area contributed by atoms with Gasteiger partial charge in [-0.15, -0.1) is 0 Å². The summed E-state index contributed by atoms with van der Waals surface area (Å²) < 4.78 is 25.3. The summed E-state index contributed by atoms with van der Waals surface area (Å²) in [7, 11) is 0. The van der Waals surface area contributed by atoms with Gasteiger partial charge >= 0.3 is 5.97 Å². The monoisotopic (exact) mass is 191 g/mol. The molecule has 0 amide bonds. The van der Waals surface area contributed by atoms with Crippen molar-refractivity contribution in [3.63, 3.8) is 0 Å². The van der Waals surface area contributed by atoms with Gasteiger partial charge in [-0.05, 0) is 0 Å². The zero-order chi connectivity index (χ0) is 10.1. The first-order chi connectivity index (χ1) is 5.96. The van der Waals surface area contributed by atoms with E-state index in [9.17, 15) is 18.4 Å². The van der Waals surface area contributed by atoms with Gasteiger partial charge < -0.3 is 5.11 Å². The number of carbonyl (C=O) groups excluding carboxylic acids is 1. The Morgan fingerprint density at radius 3 is 2.77 bits per heavy atom. The van der Waals surface area contributed by atoms with Gasteiger partial charge in [0.1, 0.15) is 12.5 Å². The van der Waals surface area contributed by atoms with Crippen LogP contribution in [0.3, 0.4) is 0 Å². The molecular weight excluding hydrogens is 184 g/mol. The van der Waals surface area contributed by atoms with Gasteiger partial charge in [-0.1, -0.05) is 0 Å². The maximum Gasteiger partial charge on any atom is 0.312 e. The van der Waals surface area contributed by atoms with Crippen LogP contribution in [0.15, 0.2) is 4.99 Å². The SMILES string of the molecule is O=CC1=NCC(F)(F)CC1C(=O)O. The van der Waals surface area contributed by atoms with Gasteiger partial charge in [0.25, 0.3) is 5.92 Å². The highest BCUT2D eigenvalue weighted by atomic mass is 19.3. The number of nitrogens with zero attached hydrogens (tertiary/aromatic N) is 1. The molecule has 72 valence electrons. The Morgan fingerprint density at radius 2 is 2.31 bits per heavy atom. The molecule has 1 aliphatic heterocycles. The third-order valence-corrected chi connectivity index (χ3v) is 1.77. The minimum atomic E-state index is -3.12. The van der Waals surface area contributed by atoms with E-state index in [4.69, 9.17) is 5.11 Å². The highest BCUT2D eigenvalue weighted by Gasteiger charge is 2.41. The van der Waals surface area contributed by atoms with Crippen molar-refractivity contribution in [3.05, 3.63) is 0 Å². The summed E-state index contributed by atoms with van der Waals surface area (Å²) >= 11 is 0. The van der Waals surface area contributed by atoms with Crippen LogP contribution in [0, 0.1) is 5.92 Å². The van der Waals surface area contributed by atoms with E-state index in [0.717, 1.165) is 0 Å². The van der Waals surface area contributed by atoms with E-state index in [2.05, 4.69) is 4.99 Å². The number of aliphatic carboxylic acids is 1. The first kappa shape index (κ1) is 9.76. The highest BCUT2D eigenvalue weighted by molar-refractivity contribution is 6.33. The van der Waals surface area contributed by atoms with Crippen LogP contribution >= 0.6 is 0 Å². The van der Waals surface area contributed by atoms with E-state index < -0.39 is 30.8 Å². The second-order valence-electron chi connectivity index (χ2n) is 2.81. The minimum absolute atomic E-state index is 0.216. The van der Waals surface area contributed by atoms with Crippen molar-refractivity contribution in [2.24, 2.45) is 10.9 Å². The zero-order valence-corrected chi connectivity index (χ0v) is 6.54. The van der Waals surface area contributed by atoms with Crippen molar-refractivity contribution in [3.8, 4) is 0 Å². The first-order valence-electron chi connectivity index (χ1n) is 3.56. The molecule has 0 aromatic heterocycles. The van der Waals surface area contributed by atoms with Crippen LogP contribution in [0.5, 0.6) is 0 Å². The number of carboxylic acids is 1. The fourth-order valence-electron chi connectivity index (χ4n) is 1.12. The molecule has 6 heteroatoms. The fraction of sp³-hybridized carbons (Fsp3) is 0.571. The van der Waals surface area contributed by atoms with Crippen LogP contribution in [0.25, 0.3) is 0 Å². The van der Waals surface area contributed by atoms with Gasteiger partial charge in [-0.2, -0.15) is 0 Å². The molecule has 0 aromatic carbocycles. The molecule has 0 saturated heterocycles. The molecule has 0 fully saturated rings. The normalized spacial score (nSPS) is 26.3. The van der Waals surface area contributed by atoms with Crippen molar-refractivity contribution in [1.29, 1.82) is 0 Å². The van der Waals surface area contributed by atoms with Crippen LogP contribution < -0.4 is 0 Å². The Morgan fingerprint density at radius 1 is 1.69 bits per heavy atom. The molecule has 1 rings (SSSR count). The van der Waals surface area contributed by atoms with Crippen molar-refractivity contribution < 1.29 is 23.5 Å². The Kier molecular flexibility index (Phi) is 2.40. The molecule has 0 bridgehead atoms. The van der Waals surface area contributed by atoms with Gasteiger partial charge in [-0.25, -0.2) is 8.78 Å². The average Bonchev–Trinajstić information content (AvgIpc) is 2.03.